The molecule has 2 N–H and O–H groups in total. The average Bonchev–Trinajstić information content (AvgIpc) is 3.48. The average molecular weight is 560 g/mol. The Morgan fingerprint density at radius 1 is 0.900 bits per heavy atom. The number of thiophene rings is 1. The van der Waals surface area contributed by atoms with E-state index in [0.717, 1.165) is 10.8 Å². The first-order chi connectivity index (χ1) is 19.1. The van der Waals surface area contributed by atoms with Crippen molar-refractivity contribution in [3.63, 3.8) is 0 Å². The monoisotopic (exact) mass is 559 g/mol. The Labute approximate surface area is 237 Å². The minimum absolute atomic E-state index is 0.313. The van der Waals surface area contributed by atoms with E-state index in [2.05, 4.69) is 10.6 Å². The van der Waals surface area contributed by atoms with Gasteiger partial charge in [-0.2, -0.15) is 0 Å². The number of rotatable bonds is 9. The summed E-state index contributed by atoms with van der Waals surface area (Å²) in [5.41, 5.74) is 0.481. The molecule has 0 aliphatic heterocycles. The second kappa shape index (κ2) is 12.2. The van der Waals surface area contributed by atoms with Gasteiger partial charge in [0.2, 0.25) is 11.8 Å². The Morgan fingerprint density at radius 2 is 1.62 bits per heavy atom. The maximum Gasteiger partial charge on any atom is 0.261 e. The van der Waals surface area contributed by atoms with Crippen molar-refractivity contribution in [2.75, 3.05) is 25.7 Å². The van der Waals surface area contributed by atoms with E-state index in [1.807, 2.05) is 57.2 Å². The van der Waals surface area contributed by atoms with E-state index in [-0.39, 0.29) is 18.4 Å². The number of methoxy groups -OCH3 is 2. The van der Waals surface area contributed by atoms with Crippen LogP contribution in [0, 0.1) is 0 Å². The Hall–Kier alpha value is -4.37. The van der Waals surface area contributed by atoms with Crippen molar-refractivity contribution in [1.82, 2.24) is 10.6 Å². The van der Waals surface area contributed by atoms with Gasteiger partial charge in [0.15, 0.2) is 11.5 Å². The molecule has 208 valence electrons. The van der Waals surface area contributed by atoms with Gasteiger partial charge >= 0.3 is 0 Å². The molecular weight excluding hydrogens is 526 g/mol. The third-order valence-corrected chi connectivity index (χ3v) is 7.04. The predicted octanol–water partition coefficient (Wildman–Crippen LogP) is 5.34. The standard InChI is InChI=1S/C31H33N3O5S/c1-31(2,3)33-30(37)28(21-15-16-24(38-4)25(18-21)39-5)34(23-13-8-11-20-10-6-7-12-22(20)23)27(35)19-32-29(36)26-14-9-17-40-26/h6-18,28H,19H2,1-5H3,(H,32,36)(H,33,37)/t28-/m0/s1. The van der Waals surface area contributed by atoms with Gasteiger partial charge in [0.1, 0.15) is 6.04 Å². The van der Waals surface area contributed by atoms with E-state index in [1.54, 1.807) is 41.8 Å². The lowest BCUT2D eigenvalue weighted by Crippen LogP contribution is -2.51. The van der Waals surface area contributed by atoms with Crippen LogP contribution in [0.1, 0.15) is 42.0 Å². The van der Waals surface area contributed by atoms with Crippen LogP contribution in [0.5, 0.6) is 11.5 Å². The van der Waals surface area contributed by atoms with Crippen LogP contribution in [-0.2, 0) is 9.59 Å². The molecule has 0 saturated heterocycles. The van der Waals surface area contributed by atoms with Crippen molar-refractivity contribution in [3.8, 4) is 11.5 Å². The van der Waals surface area contributed by atoms with E-state index in [4.69, 9.17) is 9.47 Å². The quantitative estimate of drug-likeness (QED) is 0.289. The number of benzene rings is 3. The summed E-state index contributed by atoms with van der Waals surface area (Å²) in [7, 11) is 3.04. The zero-order valence-electron chi connectivity index (χ0n) is 23.2. The lowest BCUT2D eigenvalue weighted by Gasteiger charge is -2.34. The van der Waals surface area contributed by atoms with Crippen LogP contribution in [0.25, 0.3) is 10.8 Å². The third kappa shape index (κ3) is 6.43. The van der Waals surface area contributed by atoms with Gasteiger partial charge in [-0.3, -0.25) is 19.3 Å². The minimum atomic E-state index is -1.09. The Morgan fingerprint density at radius 3 is 2.30 bits per heavy atom. The third-order valence-electron chi connectivity index (χ3n) is 6.17. The van der Waals surface area contributed by atoms with E-state index in [9.17, 15) is 14.4 Å². The molecule has 0 spiro atoms. The number of hydrogen-bond acceptors (Lipinski definition) is 6. The molecular formula is C31H33N3O5S. The molecule has 8 nitrogen and oxygen atoms in total. The van der Waals surface area contributed by atoms with Crippen molar-refractivity contribution in [3.05, 3.63) is 88.6 Å². The van der Waals surface area contributed by atoms with E-state index in [0.29, 0.717) is 27.6 Å². The van der Waals surface area contributed by atoms with Crippen LogP contribution < -0.4 is 25.0 Å². The van der Waals surface area contributed by atoms with Gasteiger partial charge < -0.3 is 20.1 Å². The molecule has 0 aliphatic carbocycles. The number of hydrogen-bond donors (Lipinski definition) is 2. The van der Waals surface area contributed by atoms with Crippen molar-refractivity contribution in [2.45, 2.75) is 32.4 Å². The first kappa shape index (κ1) is 28.6. The lowest BCUT2D eigenvalue weighted by molar-refractivity contribution is -0.127. The van der Waals surface area contributed by atoms with Gasteiger partial charge in [0.25, 0.3) is 5.91 Å². The van der Waals surface area contributed by atoms with Crippen LogP contribution in [0.3, 0.4) is 0 Å². The minimum Gasteiger partial charge on any atom is -0.493 e. The van der Waals surface area contributed by atoms with E-state index < -0.39 is 17.5 Å². The smallest absolute Gasteiger partial charge is 0.261 e. The highest BCUT2D eigenvalue weighted by atomic mass is 32.1. The Balaban J connectivity index is 1.87. The van der Waals surface area contributed by atoms with Crippen molar-refractivity contribution in [1.29, 1.82) is 0 Å². The number of fused-ring (bicyclic) bond motifs is 1. The van der Waals surface area contributed by atoms with E-state index in [1.165, 1.54) is 30.5 Å². The molecule has 1 aromatic heterocycles. The molecule has 4 aromatic rings. The fourth-order valence-electron chi connectivity index (χ4n) is 4.45. The van der Waals surface area contributed by atoms with Crippen molar-refractivity contribution in [2.24, 2.45) is 0 Å². The Bertz CT molecular complexity index is 1510. The molecule has 0 bridgehead atoms. The van der Waals surface area contributed by atoms with Gasteiger partial charge in [-0.15, -0.1) is 11.3 Å². The predicted molar refractivity (Wildman–Crippen MR) is 158 cm³/mol. The molecule has 0 aliphatic rings. The highest BCUT2D eigenvalue weighted by molar-refractivity contribution is 7.12. The number of anilines is 1. The maximum atomic E-state index is 14.1. The highest BCUT2D eigenvalue weighted by Gasteiger charge is 2.36. The summed E-state index contributed by atoms with van der Waals surface area (Å²) in [4.78, 5) is 42.8. The zero-order valence-corrected chi connectivity index (χ0v) is 24.0. The molecule has 0 fully saturated rings. The second-order valence-corrected chi connectivity index (χ2v) is 11.1. The summed E-state index contributed by atoms with van der Waals surface area (Å²) in [6.45, 7) is 5.32. The van der Waals surface area contributed by atoms with E-state index >= 15 is 0 Å². The SMILES string of the molecule is COc1ccc([C@@H](C(=O)NC(C)(C)C)N(C(=O)CNC(=O)c2cccs2)c2cccc3ccccc23)cc1OC. The Kier molecular flexibility index (Phi) is 8.74. The maximum absolute atomic E-state index is 14.1. The number of nitrogens with one attached hydrogen (secondary N) is 2. The summed E-state index contributed by atoms with van der Waals surface area (Å²) in [6.07, 6.45) is 0. The first-order valence-corrected chi connectivity index (χ1v) is 13.7. The number of nitrogens with zero attached hydrogens (tertiary/aromatic N) is 1. The summed E-state index contributed by atoms with van der Waals surface area (Å²) in [5.74, 6) is -0.281. The summed E-state index contributed by atoms with van der Waals surface area (Å²) < 4.78 is 10.9. The molecule has 4 rings (SSSR count). The second-order valence-electron chi connectivity index (χ2n) is 10.2. The molecule has 9 heteroatoms. The van der Waals surface area contributed by atoms with Gasteiger partial charge in [0, 0.05) is 10.9 Å². The topological polar surface area (TPSA) is 97.0 Å². The van der Waals surface area contributed by atoms with Gasteiger partial charge in [0.05, 0.1) is 31.3 Å². The molecule has 3 amide bonds. The summed E-state index contributed by atoms with van der Waals surface area (Å²) in [6, 6.07) is 20.8. The number of carbonyl (C=O) groups excluding carboxylic acids is 3. The molecule has 1 heterocycles. The number of ether oxygens (including phenoxy) is 2. The fourth-order valence-corrected chi connectivity index (χ4v) is 5.09. The van der Waals surface area contributed by atoms with Crippen molar-refractivity contribution < 1.29 is 23.9 Å². The molecule has 0 radical (unpaired) electrons. The lowest BCUT2D eigenvalue weighted by atomic mass is 9.98. The van der Waals surface area contributed by atoms with Crippen LogP contribution in [0.2, 0.25) is 0 Å². The number of amides is 3. The van der Waals surface area contributed by atoms with Crippen LogP contribution in [-0.4, -0.2) is 44.0 Å². The normalized spacial score (nSPS) is 11.9. The molecule has 0 unspecified atom stereocenters. The first-order valence-electron chi connectivity index (χ1n) is 12.8. The molecule has 0 saturated carbocycles. The largest absolute Gasteiger partial charge is 0.493 e. The molecule has 40 heavy (non-hydrogen) atoms. The van der Waals surface area contributed by atoms with Crippen LogP contribution in [0.15, 0.2) is 78.2 Å². The van der Waals surface area contributed by atoms with Crippen LogP contribution in [0.4, 0.5) is 5.69 Å². The number of carbonyl (C=O) groups is 3. The van der Waals surface area contributed by atoms with Crippen molar-refractivity contribution >= 4 is 45.5 Å². The van der Waals surface area contributed by atoms with Gasteiger partial charge in [-0.1, -0.05) is 48.5 Å². The zero-order chi connectivity index (χ0) is 28.9. The van der Waals surface area contributed by atoms with Gasteiger partial charge in [-0.05, 0) is 61.4 Å². The molecule has 1 atom stereocenters. The van der Waals surface area contributed by atoms with Gasteiger partial charge in [-0.25, -0.2) is 0 Å². The van der Waals surface area contributed by atoms with Crippen LogP contribution >= 0.6 is 11.3 Å². The highest BCUT2D eigenvalue weighted by Crippen LogP contribution is 2.37. The summed E-state index contributed by atoms with van der Waals surface area (Å²) in [5, 5.41) is 9.24. The molecule has 3 aromatic carbocycles. The fraction of sp³-hybridized carbons (Fsp3) is 0.258. The summed E-state index contributed by atoms with van der Waals surface area (Å²) >= 11 is 1.28.